The SMILES string of the molecule is CC(C)(C)c1ccc(C2CC2C(=O)N/N=C/c2ccccc2[N+](=O)[O-])cc1. The molecule has 0 bridgehead atoms. The van der Waals surface area contributed by atoms with Crippen LogP contribution >= 0.6 is 0 Å². The number of carbonyl (C=O) groups excluding carboxylic acids is 1. The van der Waals surface area contributed by atoms with Crippen molar-refractivity contribution in [2.24, 2.45) is 11.0 Å². The highest BCUT2D eigenvalue weighted by Crippen LogP contribution is 2.47. The highest BCUT2D eigenvalue weighted by molar-refractivity contribution is 5.88. The van der Waals surface area contributed by atoms with Crippen molar-refractivity contribution in [1.82, 2.24) is 5.43 Å². The summed E-state index contributed by atoms with van der Waals surface area (Å²) in [4.78, 5) is 22.8. The van der Waals surface area contributed by atoms with Gasteiger partial charge in [-0.2, -0.15) is 5.10 Å². The van der Waals surface area contributed by atoms with Crippen molar-refractivity contribution in [2.45, 2.75) is 38.5 Å². The first-order valence-electron chi connectivity index (χ1n) is 8.94. The zero-order valence-corrected chi connectivity index (χ0v) is 15.7. The molecule has 1 amide bonds. The number of nitrogens with one attached hydrogen (secondary N) is 1. The molecule has 2 unspecified atom stereocenters. The summed E-state index contributed by atoms with van der Waals surface area (Å²) in [7, 11) is 0. The molecule has 0 aromatic heterocycles. The van der Waals surface area contributed by atoms with E-state index in [2.05, 4.69) is 55.6 Å². The van der Waals surface area contributed by atoms with Gasteiger partial charge in [0.25, 0.3) is 5.69 Å². The van der Waals surface area contributed by atoms with Crippen LogP contribution in [0.1, 0.15) is 49.8 Å². The fourth-order valence-electron chi connectivity index (χ4n) is 3.09. The van der Waals surface area contributed by atoms with Crippen molar-refractivity contribution in [3.05, 3.63) is 75.3 Å². The summed E-state index contributed by atoms with van der Waals surface area (Å²) in [5, 5.41) is 14.9. The smallest absolute Gasteiger partial charge is 0.273 e. The lowest BCUT2D eigenvalue weighted by Crippen LogP contribution is -2.20. The van der Waals surface area contributed by atoms with E-state index in [1.807, 2.05) is 0 Å². The quantitative estimate of drug-likeness (QED) is 0.491. The lowest BCUT2D eigenvalue weighted by atomic mass is 9.86. The standard InChI is InChI=1S/C21H23N3O3/c1-21(2,3)16-10-8-14(9-11-16)17-12-18(17)20(25)23-22-13-15-6-4-5-7-19(15)24(26)27/h4-11,13,17-18H,12H2,1-3H3,(H,23,25)/b22-13+. The van der Waals surface area contributed by atoms with Crippen molar-refractivity contribution < 1.29 is 9.72 Å². The molecular weight excluding hydrogens is 342 g/mol. The molecule has 0 radical (unpaired) electrons. The Bertz CT molecular complexity index is 882. The van der Waals surface area contributed by atoms with E-state index in [-0.39, 0.29) is 28.8 Å². The van der Waals surface area contributed by atoms with Gasteiger partial charge in [0.15, 0.2) is 0 Å². The van der Waals surface area contributed by atoms with Crippen LogP contribution in [0.15, 0.2) is 53.6 Å². The van der Waals surface area contributed by atoms with E-state index in [1.165, 1.54) is 17.8 Å². The Morgan fingerprint density at radius 1 is 1.19 bits per heavy atom. The molecular formula is C21H23N3O3. The third kappa shape index (κ3) is 4.39. The first-order valence-corrected chi connectivity index (χ1v) is 8.94. The van der Waals surface area contributed by atoms with E-state index in [9.17, 15) is 14.9 Å². The molecule has 0 heterocycles. The Kier molecular flexibility index (Phi) is 5.08. The summed E-state index contributed by atoms with van der Waals surface area (Å²) in [6.07, 6.45) is 2.10. The lowest BCUT2D eigenvalue weighted by Gasteiger charge is -2.19. The van der Waals surface area contributed by atoms with Gasteiger partial charge in [-0.1, -0.05) is 57.2 Å². The summed E-state index contributed by atoms with van der Waals surface area (Å²) < 4.78 is 0. The van der Waals surface area contributed by atoms with Crippen molar-refractivity contribution in [3.63, 3.8) is 0 Å². The number of hydrazone groups is 1. The molecule has 6 nitrogen and oxygen atoms in total. The maximum atomic E-state index is 12.3. The number of para-hydroxylation sites is 1. The fraction of sp³-hybridized carbons (Fsp3) is 0.333. The van der Waals surface area contributed by atoms with Gasteiger partial charge in [0.1, 0.15) is 0 Å². The molecule has 3 rings (SSSR count). The van der Waals surface area contributed by atoms with Crippen LogP contribution in [0, 0.1) is 16.0 Å². The van der Waals surface area contributed by atoms with Crippen molar-refractivity contribution in [3.8, 4) is 0 Å². The van der Waals surface area contributed by atoms with Gasteiger partial charge in [-0.3, -0.25) is 14.9 Å². The van der Waals surface area contributed by atoms with Gasteiger partial charge in [0.05, 0.1) is 16.7 Å². The maximum absolute atomic E-state index is 12.3. The van der Waals surface area contributed by atoms with Gasteiger partial charge in [0.2, 0.25) is 5.91 Å². The van der Waals surface area contributed by atoms with Crippen molar-refractivity contribution in [2.75, 3.05) is 0 Å². The molecule has 1 saturated carbocycles. The van der Waals surface area contributed by atoms with Crippen LogP contribution in [-0.4, -0.2) is 17.0 Å². The number of rotatable bonds is 5. The molecule has 0 aliphatic heterocycles. The minimum atomic E-state index is -0.471. The molecule has 2 atom stereocenters. The fourth-order valence-corrected chi connectivity index (χ4v) is 3.09. The molecule has 2 aromatic carbocycles. The van der Waals surface area contributed by atoms with E-state index in [1.54, 1.807) is 18.2 Å². The predicted octanol–water partition coefficient (Wildman–Crippen LogP) is 4.15. The lowest BCUT2D eigenvalue weighted by molar-refractivity contribution is -0.385. The molecule has 1 aliphatic rings. The number of amides is 1. The zero-order chi connectivity index (χ0) is 19.6. The van der Waals surface area contributed by atoms with Gasteiger partial charge in [-0.05, 0) is 34.9 Å². The minimum absolute atomic E-state index is 0.0428. The van der Waals surface area contributed by atoms with Crippen LogP contribution in [0.25, 0.3) is 0 Å². The molecule has 6 heteroatoms. The highest BCUT2D eigenvalue weighted by atomic mass is 16.6. The number of benzene rings is 2. The molecule has 27 heavy (non-hydrogen) atoms. The summed E-state index contributed by atoms with van der Waals surface area (Å²) in [5.74, 6) is -0.0524. The second-order valence-electron chi connectivity index (χ2n) is 7.87. The number of carbonyl (C=O) groups is 1. The number of hydrogen-bond donors (Lipinski definition) is 1. The van der Waals surface area contributed by atoms with Crippen molar-refractivity contribution >= 4 is 17.8 Å². The predicted molar refractivity (Wildman–Crippen MR) is 105 cm³/mol. The third-order valence-corrected chi connectivity index (χ3v) is 4.84. The Morgan fingerprint density at radius 3 is 2.48 bits per heavy atom. The number of hydrogen-bond acceptors (Lipinski definition) is 4. The maximum Gasteiger partial charge on any atom is 0.278 e. The first kappa shape index (κ1) is 18.8. The Balaban J connectivity index is 1.59. The first-order chi connectivity index (χ1) is 12.8. The van der Waals surface area contributed by atoms with E-state index in [0.29, 0.717) is 5.56 Å². The van der Waals surface area contributed by atoms with Gasteiger partial charge in [-0.25, -0.2) is 5.43 Å². The average Bonchev–Trinajstić information content (AvgIpc) is 3.42. The molecule has 1 N–H and O–H groups in total. The van der Waals surface area contributed by atoms with Crippen LogP contribution in [-0.2, 0) is 10.2 Å². The largest absolute Gasteiger partial charge is 0.278 e. The molecule has 0 saturated heterocycles. The van der Waals surface area contributed by atoms with Gasteiger partial charge < -0.3 is 0 Å². The molecule has 0 spiro atoms. The van der Waals surface area contributed by atoms with E-state index < -0.39 is 4.92 Å². The summed E-state index contributed by atoms with van der Waals surface area (Å²) in [6, 6.07) is 14.7. The Morgan fingerprint density at radius 2 is 1.85 bits per heavy atom. The van der Waals surface area contributed by atoms with E-state index >= 15 is 0 Å². The van der Waals surface area contributed by atoms with Gasteiger partial charge in [0, 0.05) is 12.0 Å². The second kappa shape index (κ2) is 7.31. The molecule has 1 fully saturated rings. The van der Waals surface area contributed by atoms with Crippen LogP contribution < -0.4 is 5.43 Å². The molecule has 1 aliphatic carbocycles. The van der Waals surface area contributed by atoms with Crippen LogP contribution in [0.3, 0.4) is 0 Å². The summed E-state index contributed by atoms with van der Waals surface area (Å²) >= 11 is 0. The monoisotopic (exact) mass is 365 g/mol. The van der Waals surface area contributed by atoms with E-state index in [0.717, 1.165) is 12.0 Å². The molecule has 2 aromatic rings. The summed E-state index contributed by atoms with van der Waals surface area (Å²) in [6.45, 7) is 6.51. The number of nitrogens with zero attached hydrogens (tertiary/aromatic N) is 2. The van der Waals surface area contributed by atoms with Crippen molar-refractivity contribution in [1.29, 1.82) is 0 Å². The van der Waals surface area contributed by atoms with E-state index in [4.69, 9.17) is 0 Å². The van der Waals surface area contributed by atoms with Gasteiger partial charge in [-0.15, -0.1) is 0 Å². The molecule has 140 valence electrons. The number of nitro groups is 1. The highest BCUT2D eigenvalue weighted by Gasteiger charge is 2.44. The summed E-state index contributed by atoms with van der Waals surface area (Å²) in [5.41, 5.74) is 5.34. The van der Waals surface area contributed by atoms with Crippen LogP contribution in [0.5, 0.6) is 0 Å². The number of nitro benzene ring substituents is 1. The Hall–Kier alpha value is -3.02. The Labute approximate surface area is 158 Å². The third-order valence-electron chi connectivity index (χ3n) is 4.84. The minimum Gasteiger partial charge on any atom is -0.273 e. The topological polar surface area (TPSA) is 84.6 Å². The van der Waals surface area contributed by atoms with Crippen LogP contribution in [0.4, 0.5) is 5.69 Å². The normalized spacial score (nSPS) is 19.1. The van der Waals surface area contributed by atoms with Crippen LogP contribution in [0.2, 0.25) is 0 Å². The second-order valence-corrected chi connectivity index (χ2v) is 7.87. The zero-order valence-electron chi connectivity index (χ0n) is 15.7. The van der Waals surface area contributed by atoms with Gasteiger partial charge >= 0.3 is 0 Å². The average molecular weight is 365 g/mol.